The maximum atomic E-state index is 10.3. The molecule has 0 heterocycles. The van der Waals surface area contributed by atoms with E-state index in [4.69, 9.17) is 28.4 Å². The van der Waals surface area contributed by atoms with Crippen molar-refractivity contribution in [1.82, 2.24) is 0 Å². The van der Waals surface area contributed by atoms with Crippen LogP contribution in [0.2, 0.25) is 0 Å². The normalized spacial score (nSPS) is 13.6. The summed E-state index contributed by atoms with van der Waals surface area (Å²) in [6, 6.07) is 9.26. The average molecular weight is 386 g/mol. The number of hydrogen-bond donors (Lipinski definition) is 1. The van der Waals surface area contributed by atoms with E-state index >= 15 is 0 Å². The Bertz CT molecular complexity index is 439. The number of rotatable bonds is 18. The van der Waals surface area contributed by atoms with Crippen molar-refractivity contribution in [1.29, 1.82) is 0 Å². The third-order valence-corrected chi connectivity index (χ3v) is 3.61. The Morgan fingerprint density at radius 2 is 1.07 bits per heavy atom. The third-order valence-electron chi connectivity index (χ3n) is 3.61. The summed E-state index contributed by atoms with van der Waals surface area (Å²) in [5.41, 5.74) is 0.716. The second-order valence-corrected chi connectivity index (χ2v) is 5.84. The standard InChI is InChI=1S/C20H34O7/c1-3-22-9-10-23-11-12-24-13-14-25-15-16-26-17-18-27-20(2,21)19-7-5-4-6-8-19/h4-8,21H,3,9-18H2,1-2H3. The molecule has 0 aliphatic carbocycles. The van der Waals surface area contributed by atoms with E-state index in [1.165, 1.54) is 0 Å². The van der Waals surface area contributed by atoms with E-state index in [1.54, 1.807) is 6.92 Å². The number of ether oxygens (including phenoxy) is 6. The number of hydrogen-bond acceptors (Lipinski definition) is 7. The smallest absolute Gasteiger partial charge is 0.189 e. The minimum Gasteiger partial charge on any atom is -0.379 e. The van der Waals surface area contributed by atoms with Crippen LogP contribution in [0.4, 0.5) is 0 Å². The second kappa shape index (κ2) is 15.9. The van der Waals surface area contributed by atoms with Crippen molar-refractivity contribution in [3.05, 3.63) is 35.9 Å². The minimum atomic E-state index is -1.31. The zero-order chi connectivity index (χ0) is 19.6. The molecule has 1 aromatic carbocycles. The van der Waals surface area contributed by atoms with E-state index in [1.807, 2.05) is 37.3 Å². The molecule has 0 saturated heterocycles. The lowest BCUT2D eigenvalue weighted by molar-refractivity contribution is -0.205. The highest BCUT2D eigenvalue weighted by molar-refractivity contribution is 5.18. The molecule has 0 spiro atoms. The zero-order valence-corrected chi connectivity index (χ0v) is 16.6. The van der Waals surface area contributed by atoms with Crippen LogP contribution in [0.25, 0.3) is 0 Å². The zero-order valence-electron chi connectivity index (χ0n) is 16.6. The molecule has 7 nitrogen and oxygen atoms in total. The highest BCUT2D eigenvalue weighted by Gasteiger charge is 2.22. The molecule has 0 saturated carbocycles. The van der Waals surface area contributed by atoms with Gasteiger partial charge in [0.15, 0.2) is 5.79 Å². The van der Waals surface area contributed by atoms with Crippen LogP contribution < -0.4 is 0 Å². The van der Waals surface area contributed by atoms with E-state index in [0.29, 0.717) is 78.2 Å². The predicted molar refractivity (Wildman–Crippen MR) is 102 cm³/mol. The monoisotopic (exact) mass is 386 g/mol. The van der Waals surface area contributed by atoms with E-state index < -0.39 is 5.79 Å². The lowest BCUT2D eigenvalue weighted by atomic mass is 10.1. The van der Waals surface area contributed by atoms with Crippen molar-refractivity contribution in [3.8, 4) is 0 Å². The molecule has 0 radical (unpaired) electrons. The van der Waals surface area contributed by atoms with Crippen LogP contribution in [0.5, 0.6) is 0 Å². The summed E-state index contributed by atoms with van der Waals surface area (Å²) < 4.78 is 32.2. The first-order chi connectivity index (χ1) is 13.2. The molecule has 0 fully saturated rings. The molecule has 1 N–H and O–H groups in total. The second-order valence-electron chi connectivity index (χ2n) is 5.84. The van der Waals surface area contributed by atoms with Crippen molar-refractivity contribution in [2.45, 2.75) is 19.6 Å². The molecule has 1 rings (SSSR count). The molecule has 156 valence electrons. The van der Waals surface area contributed by atoms with Gasteiger partial charge in [0, 0.05) is 12.2 Å². The number of benzene rings is 1. The van der Waals surface area contributed by atoms with Gasteiger partial charge in [0.2, 0.25) is 0 Å². The Labute approximate surface area is 162 Å². The third kappa shape index (κ3) is 12.9. The number of aliphatic hydroxyl groups is 1. The average Bonchev–Trinajstić information content (AvgIpc) is 2.68. The largest absolute Gasteiger partial charge is 0.379 e. The Kier molecular flexibility index (Phi) is 14.2. The molecule has 0 aliphatic rings. The maximum absolute atomic E-state index is 10.3. The fraction of sp³-hybridized carbons (Fsp3) is 0.700. The van der Waals surface area contributed by atoms with Gasteiger partial charge in [0.25, 0.3) is 0 Å². The van der Waals surface area contributed by atoms with Gasteiger partial charge in [0.05, 0.1) is 66.1 Å². The van der Waals surface area contributed by atoms with E-state index in [-0.39, 0.29) is 0 Å². The molecule has 27 heavy (non-hydrogen) atoms. The molecule has 7 heteroatoms. The van der Waals surface area contributed by atoms with Gasteiger partial charge in [-0.25, -0.2) is 0 Å². The topological polar surface area (TPSA) is 75.6 Å². The molecule has 0 aromatic heterocycles. The van der Waals surface area contributed by atoms with E-state index in [0.717, 1.165) is 0 Å². The molecular formula is C20H34O7. The van der Waals surface area contributed by atoms with Gasteiger partial charge in [-0.05, 0) is 13.8 Å². The SMILES string of the molecule is CCOCCOCCOCCOCCOCCOC(C)(O)c1ccccc1. The van der Waals surface area contributed by atoms with Gasteiger partial charge >= 0.3 is 0 Å². The van der Waals surface area contributed by atoms with Crippen LogP contribution in [0.3, 0.4) is 0 Å². The quantitative estimate of drug-likeness (QED) is 0.305. The summed E-state index contributed by atoms with van der Waals surface area (Å²) in [6.07, 6.45) is 0. The predicted octanol–water partition coefficient (Wildman–Crippen LogP) is 1.97. The molecular weight excluding hydrogens is 352 g/mol. The summed E-state index contributed by atoms with van der Waals surface area (Å²) >= 11 is 0. The first kappa shape index (κ1) is 24.0. The van der Waals surface area contributed by atoms with Crippen molar-refractivity contribution in [3.63, 3.8) is 0 Å². The van der Waals surface area contributed by atoms with Crippen LogP contribution in [-0.2, 0) is 34.2 Å². The van der Waals surface area contributed by atoms with Crippen molar-refractivity contribution < 1.29 is 33.5 Å². The molecule has 1 atom stereocenters. The summed E-state index contributed by atoms with van der Waals surface area (Å²) in [5, 5.41) is 10.3. The fourth-order valence-electron chi connectivity index (χ4n) is 2.15. The Morgan fingerprint density at radius 1 is 0.667 bits per heavy atom. The van der Waals surface area contributed by atoms with Crippen LogP contribution in [0, 0.1) is 0 Å². The fourth-order valence-corrected chi connectivity index (χ4v) is 2.15. The lowest BCUT2D eigenvalue weighted by Gasteiger charge is -2.24. The van der Waals surface area contributed by atoms with Crippen molar-refractivity contribution in [2.75, 3.05) is 72.7 Å². The maximum Gasteiger partial charge on any atom is 0.189 e. The van der Waals surface area contributed by atoms with E-state index in [2.05, 4.69) is 0 Å². The van der Waals surface area contributed by atoms with Crippen LogP contribution >= 0.6 is 0 Å². The van der Waals surface area contributed by atoms with Crippen molar-refractivity contribution >= 4 is 0 Å². The molecule has 0 amide bonds. The van der Waals surface area contributed by atoms with Crippen LogP contribution in [0.1, 0.15) is 19.4 Å². The summed E-state index contributed by atoms with van der Waals surface area (Å²) in [6.45, 7) is 9.30. The summed E-state index contributed by atoms with van der Waals surface area (Å²) in [7, 11) is 0. The van der Waals surface area contributed by atoms with Crippen molar-refractivity contribution in [2.24, 2.45) is 0 Å². The molecule has 0 bridgehead atoms. The van der Waals surface area contributed by atoms with E-state index in [9.17, 15) is 5.11 Å². The Balaban J connectivity index is 1.83. The first-order valence-electron chi connectivity index (χ1n) is 9.47. The minimum absolute atomic E-state index is 0.300. The Hall–Kier alpha value is -1.06. The van der Waals surface area contributed by atoms with Crippen LogP contribution in [0.15, 0.2) is 30.3 Å². The lowest BCUT2D eigenvalue weighted by Crippen LogP contribution is -2.27. The molecule has 1 aromatic rings. The van der Waals surface area contributed by atoms with Gasteiger partial charge in [-0.3, -0.25) is 0 Å². The highest BCUT2D eigenvalue weighted by Crippen LogP contribution is 2.21. The molecule has 1 unspecified atom stereocenters. The first-order valence-corrected chi connectivity index (χ1v) is 9.47. The molecule has 0 aliphatic heterocycles. The van der Waals surface area contributed by atoms with Gasteiger partial charge < -0.3 is 33.5 Å². The highest BCUT2D eigenvalue weighted by atomic mass is 16.6. The van der Waals surface area contributed by atoms with Crippen LogP contribution in [-0.4, -0.2) is 77.8 Å². The van der Waals surface area contributed by atoms with Gasteiger partial charge in [-0.1, -0.05) is 30.3 Å². The summed E-state index contributed by atoms with van der Waals surface area (Å²) in [4.78, 5) is 0. The van der Waals surface area contributed by atoms with Gasteiger partial charge in [-0.15, -0.1) is 0 Å². The summed E-state index contributed by atoms with van der Waals surface area (Å²) in [5.74, 6) is -1.31. The Morgan fingerprint density at radius 3 is 1.52 bits per heavy atom. The van der Waals surface area contributed by atoms with Gasteiger partial charge in [0.1, 0.15) is 0 Å². The van der Waals surface area contributed by atoms with Gasteiger partial charge in [-0.2, -0.15) is 0 Å².